The fraction of sp³-hybridized carbons (Fsp3) is 1.00. The highest BCUT2D eigenvalue weighted by Crippen LogP contribution is 2.14. The summed E-state index contributed by atoms with van der Waals surface area (Å²) in [5, 5.41) is 12.4. The molecule has 0 saturated heterocycles. The zero-order chi connectivity index (χ0) is 14.3. The van der Waals surface area contributed by atoms with E-state index in [-0.39, 0.29) is 6.61 Å². The van der Waals surface area contributed by atoms with Crippen molar-refractivity contribution in [2.24, 2.45) is 11.0 Å². The molecular formula is C14H29N3O2. The number of hydrogen-bond donors (Lipinski definition) is 1. The van der Waals surface area contributed by atoms with E-state index in [0.29, 0.717) is 19.1 Å². The van der Waals surface area contributed by atoms with Crippen molar-refractivity contribution in [3.63, 3.8) is 0 Å². The molecule has 0 spiro atoms. The molecular weight excluding hydrogens is 242 g/mol. The number of aliphatic hydroxyl groups is 1. The molecule has 0 aromatic carbocycles. The molecule has 1 N–H and O–H groups in total. The largest absolute Gasteiger partial charge is 0.396 e. The van der Waals surface area contributed by atoms with E-state index in [1.54, 1.807) is 0 Å². The Morgan fingerprint density at radius 1 is 1.21 bits per heavy atom. The van der Waals surface area contributed by atoms with Gasteiger partial charge in [-0.15, -0.1) is 0 Å². The highest BCUT2D eigenvalue weighted by atomic mass is 16.5. The number of rotatable bonds is 13. The van der Waals surface area contributed by atoms with E-state index >= 15 is 0 Å². The first-order valence-electron chi connectivity index (χ1n) is 7.47. The van der Waals surface area contributed by atoms with Gasteiger partial charge in [0.1, 0.15) is 0 Å². The molecule has 0 aromatic rings. The Morgan fingerprint density at radius 3 is 2.58 bits per heavy atom. The van der Waals surface area contributed by atoms with E-state index < -0.39 is 6.04 Å². The minimum Gasteiger partial charge on any atom is -0.396 e. The van der Waals surface area contributed by atoms with Crippen molar-refractivity contribution in [1.29, 1.82) is 0 Å². The van der Waals surface area contributed by atoms with Gasteiger partial charge < -0.3 is 9.84 Å². The highest BCUT2D eigenvalue weighted by Gasteiger charge is 2.06. The number of azide groups is 1. The van der Waals surface area contributed by atoms with Gasteiger partial charge in [0.2, 0.25) is 0 Å². The second-order valence-corrected chi connectivity index (χ2v) is 5.21. The first-order valence-corrected chi connectivity index (χ1v) is 7.47. The van der Waals surface area contributed by atoms with E-state index in [0.717, 1.165) is 6.42 Å². The van der Waals surface area contributed by atoms with E-state index in [1.165, 1.54) is 38.5 Å². The topological polar surface area (TPSA) is 78.2 Å². The van der Waals surface area contributed by atoms with Crippen LogP contribution in [-0.2, 0) is 4.74 Å². The fourth-order valence-electron chi connectivity index (χ4n) is 1.94. The van der Waals surface area contributed by atoms with Crippen LogP contribution < -0.4 is 0 Å². The minimum absolute atomic E-state index is 0.156. The van der Waals surface area contributed by atoms with Gasteiger partial charge in [-0.05, 0) is 17.9 Å². The van der Waals surface area contributed by atoms with Crippen molar-refractivity contribution in [3.8, 4) is 0 Å². The maximum Gasteiger partial charge on any atom is 0.0838 e. The third-order valence-electron chi connectivity index (χ3n) is 3.29. The predicted molar refractivity (Wildman–Crippen MR) is 78.0 cm³/mol. The van der Waals surface area contributed by atoms with Gasteiger partial charge in [0.15, 0.2) is 0 Å². The summed E-state index contributed by atoms with van der Waals surface area (Å²) in [5.41, 5.74) is 8.26. The summed E-state index contributed by atoms with van der Waals surface area (Å²) >= 11 is 0. The van der Waals surface area contributed by atoms with Crippen LogP contribution in [-0.4, -0.2) is 31.0 Å². The maximum atomic E-state index is 8.91. The second-order valence-electron chi connectivity index (χ2n) is 5.21. The van der Waals surface area contributed by atoms with E-state index in [2.05, 4.69) is 23.9 Å². The third-order valence-corrected chi connectivity index (χ3v) is 3.29. The first kappa shape index (κ1) is 18.2. The van der Waals surface area contributed by atoms with Gasteiger partial charge >= 0.3 is 0 Å². The molecule has 0 fully saturated rings. The van der Waals surface area contributed by atoms with Gasteiger partial charge in [0.05, 0.1) is 19.3 Å². The minimum atomic E-state index is -0.450. The molecule has 1 unspecified atom stereocenters. The summed E-state index contributed by atoms with van der Waals surface area (Å²) in [5.74, 6) is 0.675. The molecule has 0 aliphatic carbocycles. The average molecular weight is 271 g/mol. The Labute approximate surface area is 117 Å². The first-order chi connectivity index (χ1) is 9.24. The highest BCUT2D eigenvalue weighted by molar-refractivity contribution is 4.64. The maximum absolute atomic E-state index is 8.91. The molecule has 0 radical (unpaired) electrons. The van der Waals surface area contributed by atoms with Crippen LogP contribution in [0, 0.1) is 5.92 Å². The molecule has 0 aromatic heterocycles. The smallest absolute Gasteiger partial charge is 0.0838 e. The van der Waals surface area contributed by atoms with Crippen molar-refractivity contribution < 1.29 is 9.84 Å². The average Bonchev–Trinajstić information content (AvgIpc) is 2.42. The molecule has 5 nitrogen and oxygen atoms in total. The van der Waals surface area contributed by atoms with Crippen LogP contribution in [0.15, 0.2) is 5.11 Å². The van der Waals surface area contributed by atoms with Crippen molar-refractivity contribution in [1.82, 2.24) is 0 Å². The zero-order valence-electron chi connectivity index (χ0n) is 12.4. The summed E-state index contributed by atoms with van der Waals surface area (Å²) in [4.78, 5) is 2.67. The van der Waals surface area contributed by atoms with Crippen molar-refractivity contribution >= 4 is 0 Å². The lowest BCUT2D eigenvalue weighted by Crippen LogP contribution is -2.18. The molecule has 0 bridgehead atoms. The van der Waals surface area contributed by atoms with Crippen LogP contribution in [0.3, 0.4) is 0 Å². The van der Waals surface area contributed by atoms with Gasteiger partial charge in [-0.1, -0.05) is 57.5 Å². The van der Waals surface area contributed by atoms with Crippen LogP contribution in [0.1, 0.15) is 58.8 Å². The molecule has 0 heterocycles. The van der Waals surface area contributed by atoms with Crippen molar-refractivity contribution in [2.45, 2.75) is 64.8 Å². The van der Waals surface area contributed by atoms with Crippen LogP contribution in [0.25, 0.3) is 10.4 Å². The number of nitrogens with zero attached hydrogens (tertiary/aromatic N) is 3. The molecule has 0 saturated carbocycles. The molecule has 2 atom stereocenters. The van der Waals surface area contributed by atoms with Gasteiger partial charge in [0.25, 0.3) is 0 Å². The van der Waals surface area contributed by atoms with Crippen LogP contribution >= 0.6 is 0 Å². The van der Waals surface area contributed by atoms with E-state index in [9.17, 15) is 0 Å². The zero-order valence-corrected chi connectivity index (χ0v) is 12.4. The standard InChI is InChI=1S/C14H29N3O2/c1-3-4-5-6-7-8-13(2)9-10-19-12-14(11-18)16-17-15/h13-14,18H,3-12H2,1-2H3/t13-,14?/m1/s1. The molecule has 0 aliphatic rings. The monoisotopic (exact) mass is 271 g/mol. The normalized spacial score (nSPS) is 13.8. The Morgan fingerprint density at radius 2 is 1.95 bits per heavy atom. The molecule has 0 rings (SSSR count). The van der Waals surface area contributed by atoms with Crippen LogP contribution in [0.5, 0.6) is 0 Å². The molecule has 19 heavy (non-hydrogen) atoms. The van der Waals surface area contributed by atoms with Crippen LogP contribution in [0.4, 0.5) is 0 Å². The Kier molecular flexibility index (Phi) is 13.1. The third kappa shape index (κ3) is 12.0. The second kappa shape index (κ2) is 13.7. The summed E-state index contributed by atoms with van der Waals surface area (Å²) in [6, 6.07) is -0.450. The summed E-state index contributed by atoms with van der Waals surface area (Å²) in [7, 11) is 0. The fourth-order valence-corrected chi connectivity index (χ4v) is 1.94. The van der Waals surface area contributed by atoms with Crippen molar-refractivity contribution in [3.05, 3.63) is 10.4 Å². The number of aliphatic hydroxyl groups excluding tert-OH is 1. The Balaban J connectivity index is 3.42. The lowest BCUT2D eigenvalue weighted by Gasteiger charge is -2.13. The number of hydrogen-bond acceptors (Lipinski definition) is 3. The van der Waals surface area contributed by atoms with E-state index in [1.807, 2.05) is 0 Å². The Hall–Kier alpha value is -0.770. The molecule has 0 aliphatic heterocycles. The predicted octanol–water partition coefficient (Wildman–Crippen LogP) is 4.06. The van der Waals surface area contributed by atoms with Crippen molar-refractivity contribution in [2.75, 3.05) is 19.8 Å². The van der Waals surface area contributed by atoms with Gasteiger partial charge in [-0.25, -0.2) is 0 Å². The molecule has 5 heteroatoms. The van der Waals surface area contributed by atoms with Gasteiger partial charge in [0, 0.05) is 11.5 Å². The molecule has 112 valence electrons. The summed E-state index contributed by atoms with van der Waals surface area (Å²) in [6.45, 7) is 5.31. The Bertz CT molecular complexity index is 243. The summed E-state index contributed by atoms with van der Waals surface area (Å²) < 4.78 is 5.43. The van der Waals surface area contributed by atoms with Gasteiger partial charge in [-0.3, -0.25) is 0 Å². The molecule has 0 amide bonds. The SMILES string of the molecule is CCCCCCC[C@@H](C)CCOCC(CO)N=[N+]=[N-]. The van der Waals surface area contributed by atoms with Gasteiger partial charge in [-0.2, -0.15) is 0 Å². The lowest BCUT2D eigenvalue weighted by atomic mass is 9.99. The lowest BCUT2D eigenvalue weighted by molar-refractivity contribution is 0.0915. The quantitative estimate of drug-likeness (QED) is 0.237. The van der Waals surface area contributed by atoms with Crippen LogP contribution in [0.2, 0.25) is 0 Å². The number of ether oxygens (including phenoxy) is 1. The summed E-state index contributed by atoms with van der Waals surface area (Å²) in [6.07, 6.45) is 8.92. The number of unbranched alkanes of at least 4 members (excludes halogenated alkanes) is 4. The van der Waals surface area contributed by atoms with E-state index in [4.69, 9.17) is 15.4 Å².